The van der Waals surface area contributed by atoms with E-state index in [0.29, 0.717) is 12.6 Å². The molecule has 2 heterocycles. The molecule has 1 atom stereocenters. The van der Waals surface area contributed by atoms with E-state index in [0.717, 1.165) is 60.1 Å². The van der Waals surface area contributed by atoms with E-state index in [9.17, 15) is 4.79 Å². The van der Waals surface area contributed by atoms with Gasteiger partial charge in [0.05, 0.1) is 11.6 Å². The molecule has 7 heteroatoms. The van der Waals surface area contributed by atoms with Crippen LogP contribution >= 0.6 is 0 Å². The number of nitrogens with zero attached hydrogens (tertiary/aromatic N) is 5. The maximum absolute atomic E-state index is 13.2. The summed E-state index contributed by atoms with van der Waals surface area (Å²) >= 11 is 0. The maximum Gasteiger partial charge on any atom is 0.252 e. The van der Waals surface area contributed by atoms with E-state index in [4.69, 9.17) is 0 Å². The minimum Gasteiger partial charge on any atom is -0.321 e. The number of hydrogen-bond donors (Lipinski definition) is 1. The van der Waals surface area contributed by atoms with E-state index in [1.807, 2.05) is 10.7 Å². The Labute approximate surface area is 212 Å². The van der Waals surface area contributed by atoms with Crippen LogP contribution in [0, 0.1) is 13.8 Å². The molecule has 1 aliphatic carbocycles. The Morgan fingerprint density at radius 2 is 1.89 bits per heavy atom. The van der Waals surface area contributed by atoms with Crippen LogP contribution in [0.3, 0.4) is 0 Å². The SMILES string of the molecule is CC[C@@H](c1nnnn1CCc1ccccc1)N(Cc1cc2ccc(C)c(C)c2[nH]c1=O)C1CCCC1. The Morgan fingerprint density at radius 1 is 1.11 bits per heavy atom. The zero-order valence-corrected chi connectivity index (χ0v) is 21.6. The molecular formula is C29H36N6O. The van der Waals surface area contributed by atoms with Crippen LogP contribution in [0.2, 0.25) is 0 Å². The monoisotopic (exact) mass is 484 g/mol. The zero-order chi connectivity index (χ0) is 25.1. The van der Waals surface area contributed by atoms with Crippen molar-refractivity contribution >= 4 is 10.9 Å². The van der Waals surface area contributed by atoms with Gasteiger partial charge in [-0.2, -0.15) is 0 Å². The molecule has 0 unspecified atom stereocenters. The summed E-state index contributed by atoms with van der Waals surface area (Å²) in [6.45, 7) is 7.67. The van der Waals surface area contributed by atoms with Crippen molar-refractivity contribution in [2.75, 3.05) is 0 Å². The lowest BCUT2D eigenvalue weighted by atomic mass is 10.0. The van der Waals surface area contributed by atoms with Gasteiger partial charge in [-0.15, -0.1) is 5.10 Å². The first kappa shape index (κ1) is 24.4. The molecule has 2 aromatic heterocycles. The molecule has 0 aliphatic heterocycles. The predicted molar refractivity (Wildman–Crippen MR) is 143 cm³/mol. The van der Waals surface area contributed by atoms with Gasteiger partial charge in [-0.25, -0.2) is 4.68 Å². The van der Waals surface area contributed by atoms with E-state index >= 15 is 0 Å². The Kier molecular flexibility index (Phi) is 7.28. The Balaban J connectivity index is 1.46. The van der Waals surface area contributed by atoms with E-state index in [2.05, 4.69) is 88.6 Å². The van der Waals surface area contributed by atoms with Crippen molar-refractivity contribution in [3.8, 4) is 0 Å². The third-order valence-electron chi connectivity index (χ3n) is 7.87. The molecule has 0 bridgehead atoms. The number of pyridine rings is 1. The quantitative estimate of drug-likeness (QED) is 0.350. The van der Waals surface area contributed by atoms with Gasteiger partial charge in [0.15, 0.2) is 5.82 Å². The number of hydrogen-bond acceptors (Lipinski definition) is 5. The maximum atomic E-state index is 13.2. The normalized spacial score (nSPS) is 15.2. The van der Waals surface area contributed by atoms with Gasteiger partial charge in [-0.05, 0) is 78.1 Å². The molecule has 2 aromatic carbocycles. The number of rotatable bonds is 9. The van der Waals surface area contributed by atoms with Crippen molar-refractivity contribution in [1.29, 1.82) is 0 Å². The highest BCUT2D eigenvalue weighted by molar-refractivity contribution is 5.83. The summed E-state index contributed by atoms with van der Waals surface area (Å²) in [6, 6.07) is 17.2. The summed E-state index contributed by atoms with van der Waals surface area (Å²) in [5.41, 5.74) is 5.33. The van der Waals surface area contributed by atoms with Crippen LogP contribution in [0.15, 0.2) is 53.3 Å². The number of fused-ring (bicyclic) bond motifs is 1. The lowest BCUT2D eigenvalue weighted by Gasteiger charge is -2.35. The van der Waals surface area contributed by atoms with E-state index < -0.39 is 0 Å². The second kappa shape index (κ2) is 10.7. The molecule has 0 spiro atoms. The summed E-state index contributed by atoms with van der Waals surface area (Å²) in [5, 5.41) is 14.0. The summed E-state index contributed by atoms with van der Waals surface area (Å²) in [7, 11) is 0. The molecule has 5 rings (SSSR count). The van der Waals surface area contributed by atoms with Crippen LogP contribution in [-0.4, -0.2) is 36.1 Å². The number of aryl methyl sites for hydroxylation is 4. The Hall–Kier alpha value is -3.32. The third-order valence-corrected chi connectivity index (χ3v) is 7.87. The molecule has 36 heavy (non-hydrogen) atoms. The lowest BCUT2D eigenvalue weighted by molar-refractivity contribution is 0.112. The Bertz CT molecular complexity index is 1370. The van der Waals surface area contributed by atoms with Gasteiger partial charge < -0.3 is 4.98 Å². The standard InChI is InChI=1S/C29H36N6O/c1-4-26(28-31-32-33-35(28)17-16-22-10-6-5-7-11-22)34(25-12-8-9-13-25)19-24-18-23-15-14-20(2)21(3)27(23)30-29(24)36/h5-7,10-11,14-15,18,25-26H,4,8-9,12-13,16-17,19H2,1-3H3,(H,30,36)/t26-/m0/s1. The summed E-state index contributed by atoms with van der Waals surface area (Å²) in [5.74, 6) is 0.893. The zero-order valence-electron chi connectivity index (χ0n) is 21.6. The number of H-pyrrole nitrogens is 1. The fraction of sp³-hybridized carbons (Fsp3) is 0.448. The van der Waals surface area contributed by atoms with Gasteiger partial charge in [0.25, 0.3) is 5.56 Å². The minimum atomic E-state index is -0.00211. The van der Waals surface area contributed by atoms with Crippen molar-refractivity contribution in [3.05, 3.63) is 87.0 Å². The summed E-state index contributed by atoms with van der Waals surface area (Å²) < 4.78 is 1.96. The van der Waals surface area contributed by atoms with Crippen molar-refractivity contribution in [2.24, 2.45) is 0 Å². The van der Waals surface area contributed by atoms with E-state index in [1.165, 1.54) is 24.0 Å². The van der Waals surface area contributed by atoms with Gasteiger partial charge in [0.1, 0.15) is 0 Å². The first-order chi connectivity index (χ1) is 17.5. The molecule has 1 N–H and O–H groups in total. The molecule has 4 aromatic rings. The smallest absolute Gasteiger partial charge is 0.252 e. The van der Waals surface area contributed by atoms with E-state index in [-0.39, 0.29) is 11.6 Å². The first-order valence-electron chi connectivity index (χ1n) is 13.2. The predicted octanol–water partition coefficient (Wildman–Crippen LogP) is 5.27. The highest BCUT2D eigenvalue weighted by Gasteiger charge is 2.32. The Morgan fingerprint density at radius 3 is 2.64 bits per heavy atom. The van der Waals surface area contributed by atoms with Crippen molar-refractivity contribution < 1.29 is 0 Å². The van der Waals surface area contributed by atoms with Gasteiger partial charge in [0.2, 0.25) is 0 Å². The second-order valence-corrected chi connectivity index (χ2v) is 10.1. The average Bonchev–Trinajstić information content (AvgIpc) is 3.59. The van der Waals surface area contributed by atoms with Gasteiger partial charge in [-0.3, -0.25) is 9.69 Å². The van der Waals surface area contributed by atoms with Crippen molar-refractivity contribution in [2.45, 2.75) is 84.5 Å². The first-order valence-corrected chi connectivity index (χ1v) is 13.2. The largest absolute Gasteiger partial charge is 0.321 e. The fourth-order valence-corrected chi connectivity index (χ4v) is 5.67. The number of aromatic nitrogens is 5. The minimum absolute atomic E-state index is 0.00211. The molecule has 0 saturated heterocycles. The highest BCUT2D eigenvalue weighted by Crippen LogP contribution is 2.33. The number of benzene rings is 2. The van der Waals surface area contributed by atoms with Gasteiger partial charge in [-0.1, -0.05) is 62.2 Å². The van der Waals surface area contributed by atoms with Crippen molar-refractivity contribution in [1.82, 2.24) is 30.1 Å². The topological polar surface area (TPSA) is 79.7 Å². The van der Waals surface area contributed by atoms with Crippen LogP contribution in [0.5, 0.6) is 0 Å². The highest BCUT2D eigenvalue weighted by atomic mass is 16.1. The molecule has 1 fully saturated rings. The molecule has 1 aliphatic rings. The molecule has 1 saturated carbocycles. The van der Waals surface area contributed by atoms with Crippen molar-refractivity contribution in [3.63, 3.8) is 0 Å². The molecule has 7 nitrogen and oxygen atoms in total. The van der Waals surface area contributed by atoms with Gasteiger partial charge in [0, 0.05) is 24.7 Å². The molecule has 0 radical (unpaired) electrons. The lowest BCUT2D eigenvalue weighted by Crippen LogP contribution is -2.39. The third kappa shape index (κ3) is 4.98. The fourth-order valence-electron chi connectivity index (χ4n) is 5.67. The summed E-state index contributed by atoms with van der Waals surface area (Å²) in [6.07, 6.45) is 6.50. The summed E-state index contributed by atoms with van der Waals surface area (Å²) in [4.78, 5) is 18.9. The molecule has 188 valence electrons. The average molecular weight is 485 g/mol. The molecule has 0 amide bonds. The van der Waals surface area contributed by atoms with Crippen LogP contribution < -0.4 is 5.56 Å². The molecular weight excluding hydrogens is 448 g/mol. The van der Waals surface area contributed by atoms with E-state index in [1.54, 1.807) is 0 Å². The second-order valence-electron chi connectivity index (χ2n) is 10.1. The van der Waals surface area contributed by atoms with Crippen LogP contribution in [0.25, 0.3) is 10.9 Å². The van der Waals surface area contributed by atoms with Crippen LogP contribution in [0.1, 0.15) is 73.1 Å². The van der Waals surface area contributed by atoms with Crippen LogP contribution in [-0.2, 0) is 19.5 Å². The van der Waals surface area contributed by atoms with Gasteiger partial charge >= 0.3 is 0 Å². The number of aromatic amines is 1. The van der Waals surface area contributed by atoms with Crippen LogP contribution in [0.4, 0.5) is 0 Å². The number of nitrogens with one attached hydrogen (secondary N) is 1. The number of tetrazole rings is 1.